The van der Waals surface area contributed by atoms with Crippen LogP contribution in [0.25, 0.3) is 21.3 Å². The summed E-state index contributed by atoms with van der Waals surface area (Å²) in [5.74, 6) is 0.709. The number of fused-ring (bicyclic) bond motifs is 1. The Hall–Kier alpha value is -2.56. The number of aryl methyl sites for hydroxylation is 1. The molecule has 0 amide bonds. The summed E-state index contributed by atoms with van der Waals surface area (Å²) >= 11 is 2.77. The third-order valence-electron chi connectivity index (χ3n) is 4.51. The van der Waals surface area contributed by atoms with Gasteiger partial charge in [0.25, 0.3) is 5.56 Å². The minimum absolute atomic E-state index is 0.158. The fourth-order valence-corrected chi connectivity index (χ4v) is 4.96. The topological polar surface area (TPSA) is 83.0 Å². The molecule has 4 rings (SSSR count). The molecule has 0 bridgehead atoms. The smallest absolute Gasteiger partial charge is 0.263 e. The summed E-state index contributed by atoms with van der Waals surface area (Å²) in [4.78, 5) is 23.1. The Morgan fingerprint density at radius 2 is 2.07 bits per heavy atom. The summed E-state index contributed by atoms with van der Waals surface area (Å²) in [7, 11) is 1.59. The van der Waals surface area contributed by atoms with Gasteiger partial charge in [-0.1, -0.05) is 29.1 Å². The number of hydrogen-bond acceptors (Lipinski definition) is 8. The molecule has 0 radical (unpaired) electrons. The second-order valence-corrected chi connectivity index (χ2v) is 8.79. The van der Waals surface area contributed by atoms with Crippen LogP contribution >= 0.6 is 23.1 Å². The molecule has 3 aromatic heterocycles. The molecule has 0 aliphatic rings. The molecule has 3 heterocycles. The van der Waals surface area contributed by atoms with Crippen LogP contribution < -0.4 is 5.56 Å². The number of rotatable bonds is 7. The molecule has 0 N–H and O–H groups in total. The second kappa shape index (κ2) is 8.66. The predicted molar refractivity (Wildman–Crippen MR) is 114 cm³/mol. The van der Waals surface area contributed by atoms with Crippen LogP contribution in [-0.2, 0) is 11.3 Å². The highest BCUT2D eigenvalue weighted by Gasteiger charge is 2.21. The molecule has 4 aromatic rings. The van der Waals surface area contributed by atoms with Crippen LogP contribution in [0.4, 0.5) is 4.39 Å². The Morgan fingerprint density at radius 3 is 2.73 bits per heavy atom. The van der Waals surface area contributed by atoms with Crippen molar-refractivity contribution in [3.63, 3.8) is 0 Å². The predicted octanol–water partition coefficient (Wildman–Crippen LogP) is 4.46. The fourth-order valence-electron chi connectivity index (χ4n) is 3.00. The molecule has 0 aliphatic carbocycles. The van der Waals surface area contributed by atoms with Crippen LogP contribution in [0.2, 0.25) is 0 Å². The van der Waals surface area contributed by atoms with Crippen molar-refractivity contribution in [2.75, 3.05) is 13.7 Å². The molecule has 0 aliphatic heterocycles. The summed E-state index contributed by atoms with van der Waals surface area (Å²) in [6.07, 6.45) is 0. The first-order valence-electron chi connectivity index (χ1n) is 9.21. The molecule has 1 aromatic carbocycles. The number of methoxy groups -OCH3 is 1. The monoisotopic (exact) mass is 446 g/mol. The molecule has 156 valence electrons. The minimum Gasteiger partial charge on any atom is -0.383 e. The summed E-state index contributed by atoms with van der Waals surface area (Å²) in [5.41, 5.74) is 1.36. The van der Waals surface area contributed by atoms with Crippen LogP contribution in [0.15, 0.2) is 44.1 Å². The van der Waals surface area contributed by atoms with Gasteiger partial charge in [0.15, 0.2) is 11.0 Å². The molecular weight excluding hydrogens is 427 g/mol. The summed E-state index contributed by atoms with van der Waals surface area (Å²) in [5, 5.41) is 6.61. The Labute approximate surface area is 179 Å². The maximum absolute atomic E-state index is 13.4. The zero-order chi connectivity index (χ0) is 21.3. The lowest BCUT2D eigenvalue weighted by Crippen LogP contribution is -2.25. The molecule has 30 heavy (non-hydrogen) atoms. The van der Waals surface area contributed by atoms with Crippen molar-refractivity contribution in [2.24, 2.45) is 0 Å². The summed E-state index contributed by atoms with van der Waals surface area (Å²) < 4.78 is 25.4. The van der Waals surface area contributed by atoms with E-state index >= 15 is 0 Å². The van der Waals surface area contributed by atoms with Crippen LogP contribution in [0, 0.1) is 12.7 Å². The van der Waals surface area contributed by atoms with Gasteiger partial charge < -0.3 is 9.26 Å². The Kier molecular flexibility index (Phi) is 5.98. The largest absolute Gasteiger partial charge is 0.383 e. The van der Waals surface area contributed by atoms with E-state index in [1.807, 2.05) is 12.3 Å². The first-order valence-corrected chi connectivity index (χ1v) is 11.0. The summed E-state index contributed by atoms with van der Waals surface area (Å²) in [6, 6.07) is 6.10. The average Bonchev–Trinajstić information content (AvgIpc) is 3.35. The highest BCUT2D eigenvalue weighted by molar-refractivity contribution is 7.99. The number of benzene rings is 1. The van der Waals surface area contributed by atoms with Gasteiger partial charge >= 0.3 is 0 Å². The fraction of sp³-hybridized carbons (Fsp3) is 0.300. The molecule has 0 saturated carbocycles. The van der Waals surface area contributed by atoms with E-state index in [1.165, 1.54) is 35.2 Å². The van der Waals surface area contributed by atoms with Crippen molar-refractivity contribution < 1.29 is 13.7 Å². The molecule has 0 saturated heterocycles. The van der Waals surface area contributed by atoms with E-state index in [0.717, 1.165) is 11.1 Å². The lowest BCUT2D eigenvalue weighted by molar-refractivity contribution is 0.183. The van der Waals surface area contributed by atoms with Crippen molar-refractivity contribution in [1.82, 2.24) is 19.7 Å². The van der Waals surface area contributed by atoms with Crippen molar-refractivity contribution in [3.05, 3.63) is 57.5 Å². The van der Waals surface area contributed by atoms with Gasteiger partial charge in [-0.2, -0.15) is 4.98 Å². The Bertz CT molecular complexity index is 1230. The van der Waals surface area contributed by atoms with Crippen LogP contribution in [-0.4, -0.2) is 33.4 Å². The van der Waals surface area contributed by atoms with E-state index in [0.29, 0.717) is 40.2 Å². The molecule has 0 unspecified atom stereocenters. The third-order valence-corrected chi connectivity index (χ3v) is 6.46. The summed E-state index contributed by atoms with van der Waals surface area (Å²) in [6.45, 7) is 4.40. The Morgan fingerprint density at radius 1 is 1.30 bits per heavy atom. The maximum atomic E-state index is 13.4. The lowest BCUT2D eigenvalue weighted by Gasteiger charge is -2.14. The van der Waals surface area contributed by atoms with Gasteiger partial charge in [-0.3, -0.25) is 9.36 Å². The normalized spacial score (nSPS) is 12.5. The molecule has 7 nitrogen and oxygen atoms in total. The van der Waals surface area contributed by atoms with Crippen LogP contribution in [0.3, 0.4) is 0 Å². The van der Waals surface area contributed by atoms with E-state index < -0.39 is 0 Å². The van der Waals surface area contributed by atoms with Crippen molar-refractivity contribution in [2.45, 2.75) is 30.8 Å². The number of hydrogen-bond donors (Lipinski definition) is 0. The molecule has 0 fully saturated rings. The molecule has 0 spiro atoms. The van der Waals surface area contributed by atoms with E-state index in [-0.39, 0.29) is 16.6 Å². The second-order valence-electron chi connectivity index (χ2n) is 6.62. The molecule has 1 atom stereocenters. The van der Waals surface area contributed by atoms with E-state index in [4.69, 9.17) is 14.2 Å². The molecule has 10 heteroatoms. The van der Waals surface area contributed by atoms with Gasteiger partial charge in [-0.15, -0.1) is 11.3 Å². The number of thiophene rings is 1. The zero-order valence-electron chi connectivity index (χ0n) is 16.6. The van der Waals surface area contributed by atoms with Gasteiger partial charge in [0, 0.05) is 18.1 Å². The maximum Gasteiger partial charge on any atom is 0.263 e. The average molecular weight is 447 g/mol. The van der Waals surface area contributed by atoms with E-state index in [1.54, 1.807) is 30.7 Å². The van der Waals surface area contributed by atoms with Crippen molar-refractivity contribution in [1.29, 1.82) is 0 Å². The van der Waals surface area contributed by atoms with Gasteiger partial charge in [-0.25, -0.2) is 9.37 Å². The zero-order valence-corrected chi connectivity index (χ0v) is 18.2. The van der Waals surface area contributed by atoms with Gasteiger partial charge in [0.1, 0.15) is 10.6 Å². The molecular formula is C20H19FN4O3S2. The number of nitrogens with zero attached hydrogens (tertiary/aromatic N) is 4. The standard InChI is InChI=1S/C20H19FN4O3S2/c1-11(17-22-12(2)24-28-17)30-20-23-18-16(19(26)25(20)8-9-27-3)15(10-29-18)13-4-6-14(21)7-5-13/h4-7,10-11H,8-9H2,1-3H3/t11-/m0/s1. The first-order chi connectivity index (χ1) is 14.5. The lowest BCUT2D eigenvalue weighted by atomic mass is 10.1. The number of halogens is 1. The number of aromatic nitrogens is 4. The van der Waals surface area contributed by atoms with Crippen LogP contribution in [0.5, 0.6) is 0 Å². The van der Waals surface area contributed by atoms with E-state index in [9.17, 15) is 9.18 Å². The highest BCUT2D eigenvalue weighted by atomic mass is 32.2. The van der Waals surface area contributed by atoms with Gasteiger partial charge in [0.2, 0.25) is 5.89 Å². The quantitative estimate of drug-likeness (QED) is 0.306. The van der Waals surface area contributed by atoms with Crippen molar-refractivity contribution >= 4 is 33.3 Å². The third kappa shape index (κ3) is 4.03. The first kappa shape index (κ1) is 20.7. The van der Waals surface area contributed by atoms with Crippen molar-refractivity contribution in [3.8, 4) is 11.1 Å². The number of thioether (sulfide) groups is 1. The van der Waals surface area contributed by atoms with E-state index in [2.05, 4.69) is 10.1 Å². The van der Waals surface area contributed by atoms with Gasteiger partial charge in [-0.05, 0) is 31.5 Å². The highest BCUT2D eigenvalue weighted by Crippen LogP contribution is 2.36. The minimum atomic E-state index is -0.321. The Balaban J connectivity index is 1.80. The van der Waals surface area contributed by atoms with Gasteiger partial charge in [0.05, 0.1) is 23.8 Å². The SMILES string of the molecule is COCCn1c(S[C@@H](C)c2nc(C)no2)nc2scc(-c3ccc(F)cc3)c2c1=O. The number of ether oxygens (including phenoxy) is 1. The van der Waals surface area contributed by atoms with Crippen LogP contribution in [0.1, 0.15) is 23.9 Å².